The molecular weight excluding hydrogens is 316 g/mol. The molecule has 0 saturated carbocycles. The van der Waals surface area contributed by atoms with E-state index in [1.54, 1.807) is 17.8 Å². The van der Waals surface area contributed by atoms with E-state index in [9.17, 15) is 4.79 Å². The first-order valence-electron chi connectivity index (χ1n) is 8.07. The predicted octanol–water partition coefficient (Wildman–Crippen LogP) is 2.57. The molecule has 1 atom stereocenters. The lowest BCUT2D eigenvalue weighted by atomic mass is 10.2. The van der Waals surface area contributed by atoms with Crippen LogP contribution in [0.25, 0.3) is 11.4 Å². The van der Waals surface area contributed by atoms with E-state index in [1.165, 1.54) is 0 Å². The van der Waals surface area contributed by atoms with Crippen LogP contribution < -0.4 is 10.1 Å². The summed E-state index contributed by atoms with van der Waals surface area (Å²) in [5, 5.41) is 7.27. The summed E-state index contributed by atoms with van der Waals surface area (Å²) in [7, 11) is 1.86. The number of amides is 1. The van der Waals surface area contributed by atoms with Crippen LogP contribution in [0, 0.1) is 0 Å². The molecule has 0 bridgehead atoms. The van der Waals surface area contributed by atoms with Crippen molar-refractivity contribution in [1.29, 1.82) is 0 Å². The van der Waals surface area contributed by atoms with Crippen molar-refractivity contribution in [2.24, 2.45) is 7.05 Å². The van der Waals surface area contributed by atoms with Crippen LogP contribution in [0.2, 0.25) is 0 Å². The van der Waals surface area contributed by atoms with E-state index in [-0.39, 0.29) is 5.91 Å². The molecule has 128 valence electrons. The number of pyridine rings is 1. The molecule has 1 unspecified atom stereocenters. The predicted molar refractivity (Wildman–Crippen MR) is 94.8 cm³/mol. The first kappa shape index (κ1) is 16.7. The van der Waals surface area contributed by atoms with Gasteiger partial charge in [-0.05, 0) is 37.3 Å². The average Bonchev–Trinajstić information content (AvgIpc) is 3.02. The third kappa shape index (κ3) is 4.23. The lowest BCUT2D eigenvalue weighted by Gasteiger charge is -2.14. The molecule has 3 aromatic rings. The first-order valence-corrected chi connectivity index (χ1v) is 8.07. The molecule has 0 fully saturated rings. The zero-order chi connectivity index (χ0) is 17.6. The minimum absolute atomic E-state index is 0.186. The molecule has 3 rings (SSSR count). The summed E-state index contributed by atoms with van der Waals surface area (Å²) in [4.78, 5) is 16.5. The number of aryl methyl sites for hydroxylation is 1. The van der Waals surface area contributed by atoms with Gasteiger partial charge in [0.2, 0.25) is 0 Å². The quantitative estimate of drug-likeness (QED) is 0.751. The summed E-state index contributed by atoms with van der Waals surface area (Å²) in [5.74, 6) is 0.481. The van der Waals surface area contributed by atoms with Crippen LogP contribution in [-0.4, -0.2) is 26.8 Å². The molecule has 1 amide bonds. The zero-order valence-electron chi connectivity index (χ0n) is 14.2. The number of benzene rings is 1. The van der Waals surface area contributed by atoms with Crippen LogP contribution in [-0.2, 0) is 18.4 Å². The Hall–Kier alpha value is -3.15. The number of carbonyl (C=O) groups is 1. The van der Waals surface area contributed by atoms with Crippen molar-refractivity contribution in [3.8, 4) is 17.1 Å². The highest BCUT2D eigenvalue weighted by Crippen LogP contribution is 2.17. The number of nitrogens with one attached hydrogen (secondary N) is 1. The molecule has 6 nitrogen and oxygen atoms in total. The molecule has 2 aromatic heterocycles. The molecule has 2 heterocycles. The lowest BCUT2D eigenvalue weighted by Crippen LogP contribution is -2.36. The highest BCUT2D eigenvalue weighted by atomic mass is 16.5. The van der Waals surface area contributed by atoms with E-state index < -0.39 is 6.10 Å². The highest BCUT2D eigenvalue weighted by Gasteiger charge is 2.15. The van der Waals surface area contributed by atoms with Gasteiger partial charge in [-0.1, -0.05) is 24.3 Å². The number of hydrogen-bond acceptors (Lipinski definition) is 4. The van der Waals surface area contributed by atoms with Gasteiger partial charge in [-0.25, -0.2) is 0 Å². The van der Waals surface area contributed by atoms with Gasteiger partial charge in [-0.2, -0.15) is 5.10 Å². The second kappa shape index (κ2) is 7.61. The molecule has 0 spiro atoms. The molecule has 0 aliphatic heterocycles. The topological polar surface area (TPSA) is 69.0 Å². The molecule has 0 radical (unpaired) electrons. The largest absolute Gasteiger partial charge is 0.481 e. The summed E-state index contributed by atoms with van der Waals surface area (Å²) in [6.45, 7) is 2.06. The maximum Gasteiger partial charge on any atom is 0.261 e. The second-order valence-electron chi connectivity index (χ2n) is 5.65. The zero-order valence-corrected chi connectivity index (χ0v) is 14.2. The first-order chi connectivity index (χ1) is 12.1. The third-order valence-corrected chi connectivity index (χ3v) is 3.73. The molecule has 6 heteroatoms. The molecule has 1 aromatic carbocycles. The molecule has 0 saturated heterocycles. The van der Waals surface area contributed by atoms with Crippen LogP contribution in [0.1, 0.15) is 12.6 Å². The molecule has 0 aliphatic rings. The minimum atomic E-state index is -0.582. The summed E-state index contributed by atoms with van der Waals surface area (Å²) < 4.78 is 7.37. The number of nitrogens with zero attached hydrogens (tertiary/aromatic N) is 3. The van der Waals surface area contributed by atoms with E-state index in [1.807, 2.05) is 61.6 Å². The average molecular weight is 336 g/mol. The van der Waals surface area contributed by atoms with Crippen molar-refractivity contribution in [3.63, 3.8) is 0 Å². The Balaban J connectivity index is 1.59. The van der Waals surface area contributed by atoms with Crippen LogP contribution in [0.5, 0.6) is 5.75 Å². The van der Waals surface area contributed by atoms with Crippen molar-refractivity contribution in [2.75, 3.05) is 0 Å². The van der Waals surface area contributed by atoms with Crippen LogP contribution in [0.4, 0.5) is 0 Å². The Morgan fingerprint density at radius 3 is 2.68 bits per heavy atom. The van der Waals surface area contributed by atoms with Crippen LogP contribution >= 0.6 is 0 Å². The fraction of sp³-hybridized carbons (Fsp3) is 0.211. The fourth-order valence-corrected chi connectivity index (χ4v) is 2.45. The number of ether oxygens (including phenoxy) is 1. The summed E-state index contributed by atoms with van der Waals surface area (Å²) in [6, 6.07) is 16.9. The van der Waals surface area contributed by atoms with Gasteiger partial charge in [0.1, 0.15) is 5.75 Å². The Kier molecular flexibility index (Phi) is 5.09. The Morgan fingerprint density at radius 1 is 1.20 bits per heavy atom. The van der Waals surface area contributed by atoms with Crippen molar-refractivity contribution >= 4 is 5.91 Å². The number of carbonyl (C=O) groups excluding carboxylic acids is 1. The second-order valence-corrected chi connectivity index (χ2v) is 5.65. The molecule has 1 N–H and O–H groups in total. The normalized spacial score (nSPS) is 11.8. The van der Waals surface area contributed by atoms with Crippen LogP contribution in [0.3, 0.4) is 0 Å². The summed E-state index contributed by atoms with van der Waals surface area (Å²) in [5.41, 5.74) is 2.51. The van der Waals surface area contributed by atoms with Crippen molar-refractivity contribution in [1.82, 2.24) is 20.1 Å². The van der Waals surface area contributed by atoms with E-state index in [4.69, 9.17) is 4.74 Å². The molecule has 0 aliphatic carbocycles. The van der Waals surface area contributed by atoms with E-state index in [0.717, 1.165) is 17.1 Å². The van der Waals surface area contributed by atoms with Crippen molar-refractivity contribution in [3.05, 3.63) is 66.5 Å². The van der Waals surface area contributed by atoms with Gasteiger partial charge in [0.25, 0.3) is 5.91 Å². The third-order valence-electron chi connectivity index (χ3n) is 3.73. The van der Waals surface area contributed by atoms with Gasteiger partial charge in [-0.15, -0.1) is 0 Å². The van der Waals surface area contributed by atoms with E-state index in [0.29, 0.717) is 12.3 Å². The van der Waals surface area contributed by atoms with Crippen molar-refractivity contribution < 1.29 is 9.53 Å². The lowest BCUT2D eigenvalue weighted by molar-refractivity contribution is -0.127. The number of rotatable bonds is 6. The molecular formula is C19H20N4O2. The summed E-state index contributed by atoms with van der Waals surface area (Å²) in [6.07, 6.45) is 1.16. The van der Waals surface area contributed by atoms with E-state index >= 15 is 0 Å². The standard InChI is InChI=1S/C19H20N4O2/c1-14(25-16-8-4-3-5-9-16)19(24)21-13-15-12-18(23(2)22-15)17-10-6-7-11-20-17/h3-12,14H,13H2,1-2H3,(H,21,24). The monoisotopic (exact) mass is 336 g/mol. The number of para-hydroxylation sites is 1. The van der Waals surface area contributed by atoms with Gasteiger partial charge < -0.3 is 10.1 Å². The SMILES string of the molecule is CC(Oc1ccccc1)C(=O)NCc1cc(-c2ccccn2)n(C)n1. The Morgan fingerprint density at radius 2 is 1.96 bits per heavy atom. The number of aromatic nitrogens is 3. The number of hydrogen-bond donors (Lipinski definition) is 1. The van der Waals surface area contributed by atoms with Gasteiger partial charge in [0.15, 0.2) is 6.10 Å². The van der Waals surface area contributed by atoms with Gasteiger partial charge in [0, 0.05) is 13.2 Å². The smallest absolute Gasteiger partial charge is 0.261 e. The van der Waals surface area contributed by atoms with E-state index in [2.05, 4.69) is 15.4 Å². The molecule has 25 heavy (non-hydrogen) atoms. The van der Waals surface area contributed by atoms with Gasteiger partial charge in [0.05, 0.1) is 23.6 Å². The Labute approximate surface area is 146 Å². The highest BCUT2D eigenvalue weighted by molar-refractivity contribution is 5.80. The maximum atomic E-state index is 12.2. The van der Waals surface area contributed by atoms with Crippen molar-refractivity contribution in [2.45, 2.75) is 19.6 Å². The maximum absolute atomic E-state index is 12.2. The minimum Gasteiger partial charge on any atom is -0.481 e. The van der Waals surface area contributed by atoms with Crippen LogP contribution in [0.15, 0.2) is 60.8 Å². The summed E-state index contributed by atoms with van der Waals surface area (Å²) >= 11 is 0. The van der Waals surface area contributed by atoms with Gasteiger partial charge in [-0.3, -0.25) is 14.5 Å². The Bertz CT molecular complexity index is 831. The van der Waals surface area contributed by atoms with Gasteiger partial charge >= 0.3 is 0 Å². The fourth-order valence-electron chi connectivity index (χ4n) is 2.45.